The van der Waals surface area contributed by atoms with E-state index in [1.807, 2.05) is 19.0 Å². The van der Waals surface area contributed by atoms with Gasteiger partial charge in [0.15, 0.2) is 4.34 Å². The second-order valence-electron chi connectivity index (χ2n) is 5.13. The van der Waals surface area contributed by atoms with Crippen molar-refractivity contribution >= 4 is 44.2 Å². The molecule has 7 heteroatoms. The SMILES string of the molecule is CC(C)NCc1cc(Br)ccc1Sc1nnc(N(C)C)s1. The summed E-state index contributed by atoms with van der Waals surface area (Å²) in [6.07, 6.45) is 0. The van der Waals surface area contributed by atoms with Gasteiger partial charge >= 0.3 is 0 Å². The van der Waals surface area contributed by atoms with Crippen molar-refractivity contribution in [3.05, 3.63) is 28.2 Å². The van der Waals surface area contributed by atoms with Crippen LogP contribution in [0, 0.1) is 0 Å². The van der Waals surface area contributed by atoms with Crippen molar-refractivity contribution in [2.45, 2.75) is 35.7 Å². The monoisotopic (exact) mass is 386 g/mol. The molecular formula is C14H19BrN4S2. The maximum atomic E-state index is 4.25. The zero-order valence-electron chi connectivity index (χ0n) is 12.6. The number of hydrogen-bond acceptors (Lipinski definition) is 6. The fraction of sp³-hybridized carbons (Fsp3) is 0.429. The molecule has 0 saturated heterocycles. The lowest BCUT2D eigenvalue weighted by Crippen LogP contribution is -2.22. The lowest BCUT2D eigenvalue weighted by atomic mass is 10.2. The van der Waals surface area contributed by atoms with Gasteiger partial charge in [0, 0.05) is 36.1 Å². The lowest BCUT2D eigenvalue weighted by molar-refractivity contribution is 0.584. The number of rotatable bonds is 6. The van der Waals surface area contributed by atoms with Crippen LogP contribution in [-0.4, -0.2) is 30.3 Å². The summed E-state index contributed by atoms with van der Waals surface area (Å²) < 4.78 is 2.06. The molecule has 0 saturated carbocycles. The summed E-state index contributed by atoms with van der Waals surface area (Å²) >= 11 is 6.82. The molecule has 1 N–H and O–H groups in total. The molecule has 21 heavy (non-hydrogen) atoms. The molecule has 1 heterocycles. The highest BCUT2D eigenvalue weighted by molar-refractivity contribution is 9.10. The summed E-state index contributed by atoms with van der Waals surface area (Å²) in [4.78, 5) is 3.19. The van der Waals surface area contributed by atoms with E-state index < -0.39 is 0 Å². The fourth-order valence-electron chi connectivity index (χ4n) is 1.62. The van der Waals surface area contributed by atoms with E-state index in [2.05, 4.69) is 63.5 Å². The largest absolute Gasteiger partial charge is 0.353 e. The number of aromatic nitrogens is 2. The Kier molecular flexibility index (Phi) is 6.04. The van der Waals surface area contributed by atoms with E-state index in [1.165, 1.54) is 10.5 Å². The molecule has 2 aromatic rings. The minimum atomic E-state index is 0.462. The molecule has 0 fully saturated rings. The first-order valence-electron chi connectivity index (χ1n) is 6.66. The van der Waals surface area contributed by atoms with Gasteiger partial charge in [0.1, 0.15) is 0 Å². The van der Waals surface area contributed by atoms with Crippen LogP contribution in [0.5, 0.6) is 0 Å². The Hall–Kier alpha value is -0.630. The first kappa shape index (κ1) is 16.7. The average Bonchev–Trinajstić information content (AvgIpc) is 2.87. The van der Waals surface area contributed by atoms with E-state index in [4.69, 9.17) is 0 Å². The van der Waals surface area contributed by atoms with Crippen LogP contribution in [0.1, 0.15) is 19.4 Å². The third-order valence-electron chi connectivity index (χ3n) is 2.70. The molecule has 1 aromatic carbocycles. The van der Waals surface area contributed by atoms with Crippen LogP contribution in [-0.2, 0) is 6.54 Å². The molecule has 0 bridgehead atoms. The zero-order chi connectivity index (χ0) is 15.4. The normalized spacial score (nSPS) is 11.1. The van der Waals surface area contributed by atoms with Gasteiger partial charge in [0.05, 0.1) is 0 Å². The van der Waals surface area contributed by atoms with Crippen molar-refractivity contribution in [3.63, 3.8) is 0 Å². The van der Waals surface area contributed by atoms with Crippen LogP contribution in [0.4, 0.5) is 5.13 Å². The Bertz CT molecular complexity index is 598. The molecule has 0 aliphatic rings. The molecular weight excluding hydrogens is 368 g/mol. The van der Waals surface area contributed by atoms with Crippen LogP contribution in [0.15, 0.2) is 31.9 Å². The van der Waals surface area contributed by atoms with Gasteiger partial charge in [-0.25, -0.2) is 0 Å². The van der Waals surface area contributed by atoms with Gasteiger partial charge in [-0.1, -0.05) is 52.9 Å². The Morgan fingerprint density at radius 3 is 2.71 bits per heavy atom. The molecule has 0 spiro atoms. The zero-order valence-corrected chi connectivity index (χ0v) is 15.8. The first-order valence-corrected chi connectivity index (χ1v) is 9.09. The van der Waals surface area contributed by atoms with Crippen LogP contribution >= 0.6 is 39.0 Å². The topological polar surface area (TPSA) is 41.1 Å². The van der Waals surface area contributed by atoms with E-state index in [-0.39, 0.29) is 0 Å². The van der Waals surface area contributed by atoms with Gasteiger partial charge in [-0.2, -0.15) is 0 Å². The van der Waals surface area contributed by atoms with Crippen molar-refractivity contribution in [2.24, 2.45) is 0 Å². The number of benzene rings is 1. The molecule has 0 radical (unpaired) electrons. The van der Waals surface area contributed by atoms with E-state index in [0.717, 1.165) is 20.5 Å². The quantitative estimate of drug-likeness (QED) is 0.811. The molecule has 0 aliphatic heterocycles. The first-order chi connectivity index (χ1) is 9.95. The molecule has 4 nitrogen and oxygen atoms in total. The predicted octanol–water partition coefficient (Wildman–Crippen LogP) is 4.02. The predicted molar refractivity (Wildman–Crippen MR) is 94.5 cm³/mol. The highest BCUT2D eigenvalue weighted by Crippen LogP contribution is 2.35. The average molecular weight is 387 g/mol. The summed E-state index contributed by atoms with van der Waals surface area (Å²) in [6.45, 7) is 5.15. The van der Waals surface area contributed by atoms with E-state index in [1.54, 1.807) is 23.1 Å². The molecule has 0 amide bonds. The standard InChI is InChI=1S/C14H19BrN4S2/c1-9(2)16-8-10-7-11(15)5-6-12(10)20-14-18-17-13(21-14)19(3)4/h5-7,9,16H,8H2,1-4H3. The van der Waals surface area contributed by atoms with Gasteiger partial charge in [0.25, 0.3) is 0 Å². The number of nitrogens with zero attached hydrogens (tertiary/aromatic N) is 3. The van der Waals surface area contributed by atoms with Crippen molar-refractivity contribution in [3.8, 4) is 0 Å². The van der Waals surface area contributed by atoms with Crippen molar-refractivity contribution < 1.29 is 0 Å². The summed E-state index contributed by atoms with van der Waals surface area (Å²) in [5.41, 5.74) is 1.27. The molecule has 114 valence electrons. The van der Waals surface area contributed by atoms with E-state index in [0.29, 0.717) is 6.04 Å². The Morgan fingerprint density at radius 2 is 2.10 bits per heavy atom. The third kappa shape index (κ3) is 4.95. The highest BCUT2D eigenvalue weighted by atomic mass is 79.9. The third-order valence-corrected chi connectivity index (χ3v) is 5.45. The smallest absolute Gasteiger partial charge is 0.208 e. The Morgan fingerprint density at radius 1 is 1.33 bits per heavy atom. The van der Waals surface area contributed by atoms with E-state index >= 15 is 0 Å². The molecule has 0 aliphatic carbocycles. The van der Waals surface area contributed by atoms with Crippen LogP contribution in [0.25, 0.3) is 0 Å². The van der Waals surface area contributed by atoms with Gasteiger partial charge in [-0.15, -0.1) is 10.2 Å². The van der Waals surface area contributed by atoms with Gasteiger partial charge < -0.3 is 10.2 Å². The Labute approximate surface area is 142 Å². The maximum Gasteiger partial charge on any atom is 0.208 e. The van der Waals surface area contributed by atoms with Crippen molar-refractivity contribution in [2.75, 3.05) is 19.0 Å². The van der Waals surface area contributed by atoms with Gasteiger partial charge in [-0.3, -0.25) is 0 Å². The molecule has 2 rings (SSSR count). The number of hydrogen-bond donors (Lipinski definition) is 1. The lowest BCUT2D eigenvalue weighted by Gasteiger charge is -2.12. The van der Waals surface area contributed by atoms with Crippen LogP contribution in [0.3, 0.4) is 0 Å². The Balaban J connectivity index is 2.17. The van der Waals surface area contributed by atoms with Gasteiger partial charge in [0.2, 0.25) is 5.13 Å². The molecule has 1 aromatic heterocycles. The highest BCUT2D eigenvalue weighted by Gasteiger charge is 2.11. The minimum absolute atomic E-state index is 0.462. The van der Waals surface area contributed by atoms with Crippen molar-refractivity contribution in [1.29, 1.82) is 0 Å². The van der Waals surface area contributed by atoms with Crippen LogP contribution < -0.4 is 10.2 Å². The van der Waals surface area contributed by atoms with Gasteiger partial charge in [-0.05, 0) is 23.8 Å². The summed E-state index contributed by atoms with van der Waals surface area (Å²) in [5, 5.41) is 12.8. The van der Waals surface area contributed by atoms with Crippen molar-refractivity contribution in [1.82, 2.24) is 15.5 Å². The minimum Gasteiger partial charge on any atom is -0.353 e. The van der Waals surface area contributed by atoms with Crippen LogP contribution in [0.2, 0.25) is 0 Å². The maximum absolute atomic E-state index is 4.25. The fourth-order valence-corrected chi connectivity index (χ4v) is 3.86. The summed E-state index contributed by atoms with van der Waals surface area (Å²) in [5.74, 6) is 0. The molecule has 0 unspecified atom stereocenters. The number of anilines is 1. The van der Waals surface area contributed by atoms with E-state index in [9.17, 15) is 0 Å². The summed E-state index contributed by atoms with van der Waals surface area (Å²) in [6, 6.07) is 6.81. The second kappa shape index (κ2) is 7.58. The number of nitrogens with one attached hydrogen (secondary N) is 1. The number of halogens is 1. The second-order valence-corrected chi connectivity index (χ2v) is 8.30. The molecule has 0 atom stereocenters. The summed E-state index contributed by atoms with van der Waals surface area (Å²) in [7, 11) is 3.96.